The van der Waals surface area contributed by atoms with Crippen LogP contribution in [0.4, 0.5) is 5.69 Å². The summed E-state index contributed by atoms with van der Waals surface area (Å²) in [5.41, 5.74) is 0.691. The number of benzene rings is 1. The maximum atomic E-state index is 12.9. The summed E-state index contributed by atoms with van der Waals surface area (Å²) in [5, 5.41) is 3.14. The molecule has 20 heavy (non-hydrogen) atoms. The van der Waals surface area contributed by atoms with Crippen LogP contribution in [-0.2, 0) is 10.0 Å². The fourth-order valence-corrected chi connectivity index (χ4v) is 4.18. The molecule has 1 fully saturated rings. The van der Waals surface area contributed by atoms with Crippen molar-refractivity contribution >= 4 is 15.7 Å². The van der Waals surface area contributed by atoms with E-state index in [9.17, 15) is 8.42 Å². The van der Waals surface area contributed by atoms with E-state index in [1.54, 1.807) is 16.4 Å². The van der Waals surface area contributed by atoms with Crippen LogP contribution in [0.3, 0.4) is 0 Å². The zero-order valence-electron chi connectivity index (χ0n) is 12.5. The molecule has 4 nitrogen and oxygen atoms in total. The molecule has 0 aliphatic heterocycles. The summed E-state index contributed by atoms with van der Waals surface area (Å²) in [6.45, 7) is 7.19. The summed E-state index contributed by atoms with van der Waals surface area (Å²) in [4.78, 5) is 0.385. The molecule has 1 aromatic carbocycles. The third-order valence-electron chi connectivity index (χ3n) is 3.55. The molecule has 0 unspecified atom stereocenters. The predicted molar refractivity (Wildman–Crippen MR) is 82.4 cm³/mol. The predicted octanol–water partition coefficient (Wildman–Crippen LogP) is 2.93. The normalized spacial score (nSPS) is 15.8. The van der Waals surface area contributed by atoms with Crippen molar-refractivity contribution in [3.05, 3.63) is 24.3 Å². The molecule has 1 aromatic rings. The summed E-state index contributed by atoms with van der Waals surface area (Å²) in [5.74, 6) is 0.540. The van der Waals surface area contributed by atoms with E-state index in [0.717, 1.165) is 12.8 Å². The van der Waals surface area contributed by atoms with Crippen molar-refractivity contribution in [1.29, 1.82) is 0 Å². The van der Waals surface area contributed by atoms with E-state index in [1.807, 2.05) is 32.9 Å². The molecule has 0 aromatic heterocycles. The Bertz CT molecular complexity index is 551. The van der Waals surface area contributed by atoms with Gasteiger partial charge in [-0.15, -0.1) is 0 Å². The minimum atomic E-state index is -3.44. The van der Waals surface area contributed by atoms with Crippen molar-refractivity contribution in [1.82, 2.24) is 4.31 Å². The summed E-state index contributed by atoms with van der Waals surface area (Å²) in [6, 6.07) is 7.14. The molecule has 1 aliphatic carbocycles. The number of hydrogen-bond acceptors (Lipinski definition) is 3. The van der Waals surface area contributed by atoms with Crippen LogP contribution < -0.4 is 5.32 Å². The lowest BCUT2D eigenvalue weighted by Crippen LogP contribution is -2.38. The Morgan fingerprint density at radius 1 is 1.30 bits per heavy atom. The molecular formula is C15H24N2O2S. The highest BCUT2D eigenvalue weighted by Crippen LogP contribution is 2.33. The Morgan fingerprint density at radius 3 is 2.50 bits per heavy atom. The summed E-state index contributed by atoms with van der Waals surface area (Å²) in [6.07, 6.45) is 2.29. The highest BCUT2D eigenvalue weighted by molar-refractivity contribution is 7.89. The van der Waals surface area contributed by atoms with Crippen LogP contribution in [0.5, 0.6) is 0 Å². The van der Waals surface area contributed by atoms with Crippen molar-refractivity contribution in [2.75, 3.05) is 18.4 Å². The molecule has 2 rings (SSSR count). The van der Waals surface area contributed by atoms with E-state index >= 15 is 0 Å². The highest BCUT2D eigenvalue weighted by atomic mass is 32.2. The number of hydrogen-bond donors (Lipinski definition) is 1. The Kier molecular flexibility index (Phi) is 4.70. The number of nitrogens with one attached hydrogen (secondary N) is 1. The summed E-state index contributed by atoms with van der Waals surface area (Å²) < 4.78 is 27.5. The molecule has 1 saturated carbocycles. The lowest BCUT2D eigenvalue weighted by molar-refractivity contribution is 0.342. The first kappa shape index (κ1) is 15.3. The molecule has 0 radical (unpaired) electrons. The second-order valence-electron chi connectivity index (χ2n) is 5.64. The van der Waals surface area contributed by atoms with Crippen molar-refractivity contribution in [3.63, 3.8) is 0 Å². The van der Waals surface area contributed by atoms with Gasteiger partial charge in [-0.1, -0.05) is 12.1 Å². The van der Waals surface area contributed by atoms with Crippen molar-refractivity contribution < 1.29 is 8.42 Å². The van der Waals surface area contributed by atoms with Gasteiger partial charge < -0.3 is 5.32 Å². The molecule has 5 heteroatoms. The maximum Gasteiger partial charge on any atom is 0.245 e. The number of rotatable bonds is 7. The third-order valence-corrected chi connectivity index (χ3v) is 5.65. The van der Waals surface area contributed by atoms with Gasteiger partial charge in [0.25, 0.3) is 0 Å². The number of nitrogens with zero attached hydrogens (tertiary/aromatic N) is 1. The highest BCUT2D eigenvalue weighted by Gasteiger charge is 2.34. The first-order valence-electron chi connectivity index (χ1n) is 7.31. The first-order valence-corrected chi connectivity index (χ1v) is 8.75. The van der Waals surface area contributed by atoms with Crippen LogP contribution in [0.1, 0.15) is 33.6 Å². The lowest BCUT2D eigenvalue weighted by Gasteiger charge is -2.27. The van der Waals surface area contributed by atoms with Gasteiger partial charge in [-0.25, -0.2) is 8.42 Å². The smallest absolute Gasteiger partial charge is 0.245 e. The third kappa shape index (κ3) is 3.33. The topological polar surface area (TPSA) is 49.4 Å². The average molecular weight is 296 g/mol. The van der Waals surface area contributed by atoms with E-state index < -0.39 is 10.0 Å². The SMILES string of the molecule is CCNc1ccccc1S(=O)(=O)N(CC1CC1)C(C)C. The van der Waals surface area contributed by atoms with Gasteiger partial charge in [-0.3, -0.25) is 0 Å². The second kappa shape index (κ2) is 6.14. The molecule has 0 heterocycles. The van der Waals surface area contributed by atoms with Gasteiger partial charge in [0.05, 0.1) is 5.69 Å². The van der Waals surface area contributed by atoms with Gasteiger partial charge >= 0.3 is 0 Å². The largest absolute Gasteiger partial charge is 0.384 e. The van der Waals surface area contributed by atoms with Crippen LogP contribution in [0.25, 0.3) is 0 Å². The molecule has 0 bridgehead atoms. The van der Waals surface area contributed by atoms with Gasteiger partial charge in [0.1, 0.15) is 4.90 Å². The van der Waals surface area contributed by atoms with Crippen molar-refractivity contribution in [3.8, 4) is 0 Å². The Hall–Kier alpha value is -1.07. The van der Waals surface area contributed by atoms with Gasteiger partial charge in [-0.05, 0) is 51.7 Å². The summed E-state index contributed by atoms with van der Waals surface area (Å²) in [7, 11) is -3.44. The number of para-hydroxylation sites is 1. The minimum absolute atomic E-state index is 0.0183. The molecule has 0 amide bonds. The monoisotopic (exact) mass is 296 g/mol. The van der Waals surface area contributed by atoms with E-state index in [-0.39, 0.29) is 6.04 Å². The van der Waals surface area contributed by atoms with E-state index in [4.69, 9.17) is 0 Å². The molecular weight excluding hydrogens is 272 g/mol. The second-order valence-corrected chi connectivity index (χ2v) is 7.50. The van der Waals surface area contributed by atoms with Crippen LogP contribution in [-0.4, -0.2) is 31.9 Å². The van der Waals surface area contributed by atoms with Gasteiger partial charge in [0.15, 0.2) is 0 Å². The molecule has 0 atom stereocenters. The molecule has 1 aliphatic rings. The minimum Gasteiger partial charge on any atom is -0.384 e. The molecule has 1 N–H and O–H groups in total. The molecule has 112 valence electrons. The summed E-state index contributed by atoms with van der Waals surface area (Å²) >= 11 is 0. The number of anilines is 1. The zero-order valence-corrected chi connectivity index (χ0v) is 13.3. The Morgan fingerprint density at radius 2 is 1.95 bits per heavy atom. The van der Waals surface area contributed by atoms with Crippen LogP contribution in [0.2, 0.25) is 0 Å². The average Bonchev–Trinajstić information content (AvgIpc) is 3.20. The first-order chi connectivity index (χ1) is 9.46. The zero-order chi connectivity index (χ0) is 14.8. The van der Waals surface area contributed by atoms with Crippen molar-refractivity contribution in [2.24, 2.45) is 5.92 Å². The quantitative estimate of drug-likeness (QED) is 0.841. The Balaban J connectivity index is 2.36. The lowest BCUT2D eigenvalue weighted by atomic mass is 10.3. The molecule has 0 spiro atoms. The standard InChI is InChI=1S/C15H24N2O2S/c1-4-16-14-7-5-6-8-15(14)20(18,19)17(12(2)3)11-13-9-10-13/h5-8,12-13,16H,4,9-11H2,1-3H3. The fourth-order valence-electron chi connectivity index (χ4n) is 2.30. The van der Waals surface area contributed by atoms with Gasteiger partial charge in [0.2, 0.25) is 10.0 Å². The van der Waals surface area contributed by atoms with Crippen LogP contribution >= 0.6 is 0 Å². The maximum absolute atomic E-state index is 12.9. The van der Waals surface area contributed by atoms with Crippen molar-refractivity contribution in [2.45, 2.75) is 44.6 Å². The Labute approximate surface area is 122 Å². The fraction of sp³-hybridized carbons (Fsp3) is 0.600. The number of sulfonamides is 1. The van der Waals surface area contributed by atoms with Crippen LogP contribution in [0, 0.1) is 5.92 Å². The van der Waals surface area contributed by atoms with Crippen LogP contribution in [0.15, 0.2) is 29.2 Å². The van der Waals surface area contributed by atoms with Gasteiger partial charge in [0, 0.05) is 19.1 Å². The van der Waals surface area contributed by atoms with Gasteiger partial charge in [-0.2, -0.15) is 4.31 Å². The van der Waals surface area contributed by atoms with E-state index in [0.29, 0.717) is 29.6 Å². The van der Waals surface area contributed by atoms with E-state index in [2.05, 4.69) is 5.32 Å². The van der Waals surface area contributed by atoms with E-state index in [1.165, 1.54) is 0 Å². The molecule has 0 saturated heterocycles.